The zero-order valence-corrected chi connectivity index (χ0v) is 12.9. The summed E-state index contributed by atoms with van der Waals surface area (Å²) in [6, 6.07) is 1.73. The van der Waals surface area contributed by atoms with Gasteiger partial charge in [0.15, 0.2) is 0 Å². The minimum Gasteiger partial charge on any atom is -0.352 e. The first-order valence-electron chi connectivity index (χ1n) is 7.35. The molecule has 0 saturated heterocycles. The fraction of sp³-hybridized carbons (Fsp3) is 0.500. The van der Waals surface area contributed by atoms with E-state index in [0.29, 0.717) is 24.2 Å². The topological polar surface area (TPSA) is 71.2 Å². The number of nitrogens with zero attached hydrogens (tertiary/aromatic N) is 2. The Hall–Kier alpha value is -1.90. The highest BCUT2D eigenvalue weighted by Crippen LogP contribution is 2.01. The lowest BCUT2D eigenvalue weighted by Gasteiger charge is -2.17. The summed E-state index contributed by atoms with van der Waals surface area (Å²) in [5.74, 6) is 5.51. The molecule has 0 aliphatic rings. The average molecular weight is 288 g/mol. The van der Waals surface area contributed by atoms with E-state index in [2.05, 4.69) is 40.9 Å². The van der Waals surface area contributed by atoms with Crippen LogP contribution in [0.4, 0.5) is 0 Å². The van der Waals surface area contributed by atoms with Crippen LogP contribution in [0.3, 0.4) is 0 Å². The van der Waals surface area contributed by atoms with Gasteiger partial charge in [-0.05, 0) is 32.1 Å². The van der Waals surface area contributed by atoms with E-state index in [4.69, 9.17) is 5.73 Å². The Labute approximate surface area is 126 Å². The molecule has 1 aromatic rings. The fourth-order valence-corrected chi connectivity index (χ4v) is 1.93. The number of nitrogens with two attached hydrogens (primary N) is 1. The second kappa shape index (κ2) is 9.92. The number of rotatable bonds is 7. The average Bonchev–Trinajstić information content (AvgIpc) is 2.53. The molecule has 114 valence electrons. The standard InChI is InChI=1S/C16H24N4O/c1-3-20(4-2)10-6-9-19-16(21)15-11-14(7-5-8-17)12-18-13-15/h11-13H,3-4,6,8-10,17H2,1-2H3,(H,19,21). The molecule has 3 N–H and O–H groups in total. The third-order valence-electron chi connectivity index (χ3n) is 3.17. The van der Waals surface area contributed by atoms with E-state index in [9.17, 15) is 4.79 Å². The van der Waals surface area contributed by atoms with Crippen LogP contribution in [0.1, 0.15) is 36.2 Å². The van der Waals surface area contributed by atoms with Crippen LogP contribution in [-0.4, -0.2) is 48.5 Å². The van der Waals surface area contributed by atoms with Gasteiger partial charge in [0.2, 0.25) is 0 Å². The summed E-state index contributed by atoms with van der Waals surface area (Å²) in [7, 11) is 0. The van der Waals surface area contributed by atoms with Gasteiger partial charge in [0.25, 0.3) is 5.91 Å². The molecule has 0 bridgehead atoms. The van der Waals surface area contributed by atoms with Crippen molar-refractivity contribution in [1.82, 2.24) is 15.2 Å². The summed E-state index contributed by atoms with van der Waals surface area (Å²) >= 11 is 0. The number of hydrogen-bond donors (Lipinski definition) is 2. The Morgan fingerprint density at radius 1 is 1.38 bits per heavy atom. The highest BCUT2D eigenvalue weighted by atomic mass is 16.1. The van der Waals surface area contributed by atoms with Crippen LogP contribution >= 0.6 is 0 Å². The zero-order chi connectivity index (χ0) is 15.5. The normalized spacial score (nSPS) is 10.1. The number of carbonyl (C=O) groups is 1. The third-order valence-corrected chi connectivity index (χ3v) is 3.17. The summed E-state index contributed by atoms with van der Waals surface area (Å²) in [4.78, 5) is 18.4. The summed E-state index contributed by atoms with van der Waals surface area (Å²) in [6.45, 7) is 8.30. The van der Waals surface area contributed by atoms with E-state index in [1.165, 1.54) is 0 Å². The SMILES string of the molecule is CCN(CC)CCCNC(=O)c1cncc(C#CCN)c1. The molecule has 1 aromatic heterocycles. The van der Waals surface area contributed by atoms with Gasteiger partial charge in [-0.25, -0.2) is 0 Å². The van der Waals surface area contributed by atoms with Crippen molar-refractivity contribution in [2.45, 2.75) is 20.3 Å². The largest absolute Gasteiger partial charge is 0.352 e. The molecule has 1 rings (SSSR count). The minimum atomic E-state index is -0.113. The van der Waals surface area contributed by atoms with Gasteiger partial charge in [-0.3, -0.25) is 9.78 Å². The Morgan fingerprint density at radius 2 is 2.14 bits per heavy atom. The first kappa shape index (κ1) is 17.2. The van der Waals surface area contributed by atoms with Crippen molar-refractivity contribution in [3.05, 3.63) is 29.6 Å². The molecule has 0 fully saturated rings. The van der Waals surface area contributed by atoms with Crippen molar-refractivity contribution >= 4 is 5.91 Å². The quantitative estimate of drug-likeness (QED) is 0.576. The monoisotopic (exact) mass is 288 g/mol. The van der Waals surface area contributed by atoms with E-state index < -0.39 is 0 Å². The van der Waals surface area contributed by atoms with Crippen LogP contribution in [-0.2, 0) is 0 Å². The van der Waals surface area contributed by atoms with Crippen molar-refractivity contribution in [1.29, 1.82) is 0 Å². The van der Waals surface area contributed by atoms with Gasteiger partial charge in [0.05, 0.1) is 12.1 Å². The maximum absolute atomic E-state index is 12.0. The van der Waals surface area contributed by atoms with E-state index >= 15 is 0 Å². The van der Waals surface area contributed by atoms with Gasteiger partial charge in [-0.1, -0.05) is 25.7 Å². The molecule has 1 amide bonds. The number of carbonyl (C=O) groups excluding carboxylic acids is 1. The molecule has 0 aliphatic carbocycles. The van der Waals surface area contributed by atoms with Gasteiger partial charge in [-0.15, -0.1) is 0 Å². The van der Waals surface area contributed by atoms with Crippen LogP contribution in [0.5, 0.6) is 0 Å². The second-order valence-corrected chi connectivity index (χ2v) is 4.60. The first-order chi connectivity index (χ1) is 10.2. The van der Waals surface area contributed by atoms with E-state index in [-0.39, 0.29) is 5.91 Å². The van der Waals surface area contributed by atoms with Gasteiger partial charge < -0.3 is 16.0 Å². The van der Waals surface area contributed by atoms with Crippen LogP contribution in [0.15, 0.2) is 18.5 Å². The number of nitrogens with one attached hydrogen (secondary N) is 1. The number of hydrogen-bond acceptors (Lipinski definition) is 4. The Bertz CT molecular complexity index is 500. The van der Waals surface area contributed by atoms with Gasteiger partial charge in [0.1, 0.15) is 0 Å². The van der Waals surface area contributed by atoms with Crippen molar-refractivity contribution in [2.24, 2.45) is 5.73 Å². The molecular formula is C16H24N4O. The Balaban J connectivity index is 2.45. The van der Waals surface area contributed by atoms with Gasteiger partial charge >= 0.3 is 0 Å². The lowest BCUT2D eigenvalue weighted by atomic mass is 10.2. The minimum absolute atomic E-state index is 0.113. The number of amides is 1. The summed E-state index contributed by atoms with van der Waals surface area (Å²) in [6.07, 6.45) is 4.11. The van der Waals surface area contributed by atoms with Crippen molar-refractivity contribution in [3.63, 3.8) is 0 Å². The lowest BCUT2D eigenvalue weighted by molar-refractivity contribution is 0.0951. The van der Waals surface area contributed by atoms with Gasteiger partial charge in [0, 0.05) is 24.5 Å². The Morgan fingerprint density at radius 3 is 2.81 bits per heavy atom. The second-order valence-electron chi connectivity index (χ2n) is 4.60. The van der Waals surface area contributed by atoms with Crippen LogP contribution < -0.4 is 11.1 Å². The Kier molecular flexibility index (Phi) is 8.10. The zero-order valence-electron chi connectivity index (χ0n) is 12.9. The highest BCUT2D eigenvalue weighted by Gasteiger charge is 2.06. The predicted molar refractivity (Wildman–Crippen MR) is 84.9 cm³/mol. The number of pyridine rings is 1. The molecule has 0 saturated carbocycles. The third kappa shape index (κ3) is 6.39. The number of aromatic nitrogens is 1. The molecule has 0 radical (unpaired) electrons. The highest BCUT2D eigenvalue weighted by molar-refractivity contribution is 5.94. The maximum atomic E-state index is 12.0. The van der Waals surface area contributed by atoms with Crippen molar-refractivity contribution in [3.8, 4) is 11.8 Å². The summed E-state index contributed by atoms with van der Waals surface area (Å²) in [5.41, 5.74) is 6.56. The summed E-state index contributed by atoms with van der Waals surface area (Å²) < 4.78 is 0. The molecule has 0 unspecified atom stereocenters. The molecule has 5 heteroatoms. The molecule has 1 heterocycles. The van der Waals surface area contributed by atoms with Crippen LogP contribution in [0.25, 0.3) is 0 Å². The molecule has 0 spiro atoms. The molecule has 0 aliphatic heterocycles. The lowest BCUT2D eigenvalue weighted by Crippen LogP contribution is -2.30. The molecular weight excluding hydrogens is 264 g/mol. The van der Waals surface area contributed by atoms with Crippen LogP contribution in [0, 0.1) is 11.8 Å². The van der Waals surface area contributed by atoms with E-state index in [1.807, 2.05) is 0 Å². The van der Waals surface area contributed by atoms with Crippen molar-refractivity contribution < 1.29 is 4.79 Å². The van der Waals surface area contributed by atoms with E-state index in [0.717, 1.165) is 26.1 Å². The van der Waals surface area contributed by atoms with Crippen LogP contribution in [0.2, 0.25) is 0 Å². The fourth-order valence-electron chi connectivity index (χ4n) is 1.93. The molecule has 5 nitrogen and oxygen atoms in total. The molecule has 0 atom stereocenters. The first-order valence-corrected chi connectivity index (χ1v) is 7.35. The van der Waals surface area contributed by atoms with Crippen molar-refractivity contribution in [2.75, 3.05) is 32.7 Å². The van der Waals surface area contributed by atoms with Gasteiger partial charge in [-0.2, -0.15) is 0 Å². The maximum Gasteiger partial charge on any atom is 0.252 e. The van der Waals surface area contributed by atoms with E-state index in [1.54, 1.807) is 18.5 Å². The smallest absolute Gasteiger partial charge is 0.252 e. The molecule has 0 aromatic carbocycles. The summed E-state index contributed by atoms with van der Waals surface area (Å²) in [5, 5.41) is 2.91. The molecule has 21 heavy (non-hydrogen) atoms. The predicted octanol–water partition coefficient (Wildman–Crippen LogP) is 0.854.